The van der Waals surface area contributed by atoms with E-state index in [2.05, 4.69) is 4.90 Å². The third-order valence-corrected chi connectivity index (χ3v) is 4.90. The van der Waals surface area contributed by atoms with Crippen LogP contribution in [-0.4, -0.2) is 55.6 Å². The molecule has 2 rings (SSSR count). The molecule has 2 unspecified atom stereocenters. The lowest BCUT2D eigenvalue weighted by molar-refractivity contribution is 0.154. The van der Waals surface area contributed by atoms with Crippen LogP contribution in [0, 0.1) is 11.3 Å². The number of sulfonamides is 1. The van der Waals surface area contributed by atoms with Gasteiger partial charge in [-0.25, -0.2) is 8.42 Å². The van der Waals surface area contributed by atoms with Gasteiger partial charge in [0.25, 0.3) is 0 Å². The van der Waals surface area contributed by atoms with Crippen LogP contribution in [0.3, 0.4) is 0 Å². The lowest BCUT2D eigenvalue weighted by Crippen LogP contribution is -2.54. The largest absolute Gasteiger partial charge is 0.303 e. The Morgan fingerprint density at radius 1 is 1.33 bits per heavy atom. The minimum Gasteiger partial charge on any atom is -0.303 e. The summed E-state index contributed by atoms with van der Waals surface area (Å²) in [5.74, 6) is -0.385. The van der Waals surface area contributed by atoms with E-state index in [1.54, 1.807) is 10.4 Å². The topological polar surface area (TPSA) is 64.4 Å². The summed E-state index contributed by atoms with van der Waals surface area (Å²) in [7, 11) is -1.33. The fourth-order valence-corrected chi connectivity index (χ4v) is 4.25. The van der Waals surface area contributed by atoms with Crippen LogP contribution in [0.25, 0.3) is 0 Å². The molecule has 2 aliphatic heterocycles. The highest BCUT2D eigenvalue weighted by atomic mass is 32.2. The summed E-state index contributed by atoms with van der Waals surface area (Å²) in [5, 5.41) is 8.51. The van der Waals surface area contributed by atoms with Crippen LogP contribution in [0.1, 0.15) is 12.8 Å². The van der Waals surface area contributed by atoms with Gasteiger partial charge in [-0.1, -0.05) is 0 Å². The fourth-order valence-electron chi connectivity index (χ4n) is 2.69. The highest BCUT2D eigenvalue weighted by Gasteiger charge is 2.44. The number of hydrogen-bond acceptors (Lipinski definition) is 4. The molecule has 0 aliphatic carbocycles. The van der Waals surface area contributed by atoms with Crippen LogP contribution in [0.15, 0.2) is 0 Å². The van der Waals surface area contributed by atoms with Crippen molar-refractivity contribution in [1.29, 1.82) is 5.26 Å². The molecule has 0 amide bonds. The van der Waals surface area contributed by atoms with Crippen LogP contribution in [-0.2, 0) is 10.0 Å². The van der Waals surface area contributed by atoms with Crippen molar-refractivity contribution >= 4 is 10.0 Å². The number of likely N-dealkylation sites (tertiary alicyclic amines) is 1. The Morgan fingerprint density at radius 3 is 2.33 bits per heavy atom. The normalized spacial score (nSPS) is 32.8. The standard InChI is InChI=1S/C9H15N3O2S/c1-11-6-8-2-3-9(7-11)12(8)15(13,14)5-4-10/h8-9H,2-3,5-7H2,1H3. The van der Waals surface area contributed by atoms with Gasteiger partial charge < -0.3 is 4.90 Å². The molecule has 0 N–H and O–H groups in total. The average molecular weight is 229 g/mol. The Morgan fingerprint density at radius 2 is 1.87 bits per heavy atom. The van der Waals surface area contributed by atoms with Crippen LogP contribution in [0.2, 0.25) is 0 Å². The van der Waals surface area contributed by atoms with E-state index in [9.17, 15) is 8.42 Å². The molecular weight excluding hydrogens is 214 g/mol. The van der Waals surface area contributed by atoms with Gasteiger partial charge in [-0.3, -0.25) is 0 Å². The van der Waals surface area contributed by atoms with Crippen LogP contribution in [0.5, 0.6) is 0 Å². The van der Waals surface area contributed by atoms with Crippen molar-refractivity contribution in [2.24, 2.45) is 0 Å². The van der Waals surface area contributed by atoms with Gasteiger partial charge in [0, 0.05) is 25.2 Å². The van der Waals surface area contributed by atoms with Crippen molar-refractivity contribution in [2.75, 3.05) is 25.9 Å². The molecule has 0 aromatic heterocycles. The van der Waals surface area contributed by atoms with Crippen molar-refractivity contribution in [1.82, 2.24) is 9.21 Å². The molecule has 84 valence electrons. The summed E-state index contributed by atoms with van der Waals surface area (Å²) in [5.41, 5.74) is 0. The number of nitrogens with zero attached hydrogens (tertiary/aromatic N) is 3. The molecule has 2 heterocycles. The number of nitriles is 1. The predicted octanol–water partition coefficient (Wildman–Crippen LogP) is -0.382. The molecule has 0 aromatic carbocycles. The minimum atomic E-state index is -3.35. The number of hydrogen-bond donors (Lipinski definition) is 0. The van der Waals surface area contributed by atoms with Gasteiger partial charge in [0.1, 0.15) is 0 Å². The molecule has 15 heavy (non-hydrogen) atoms. The van der Waals surface area contributed by atoms with Crippen molar-refractivity contribution in [3.8, 4) is 6.07 Å². The van der Waals surface area contributed by atoms with Gasteiger partial charge in [-0.05, 0) is 19.9 Å². The van der Waals surface area contributed by atoms with Gasteiger partial charge in [0.15, 0.2) is 5.75 Å². The first-order valence-corrected chi connectivity index (χ1v) is 6.72. The molecule has 0 saturated carbocycles. The first-order valence-electron chi connectivity index (χ1n) is 5.11. The summed E-state index contributed by atoms with van der Waals surface area (Å²) in [4.78, 5) is 2.17. The van der Waals surface area contributed by atoms with Gasteiger partial charge >= 0.3 is 0 Å². The maximum Gasteiger partial charge on any atom is 0.228 e. The highest BCUT2D eigenvalue weighted by Crippen LogP contribution is 2.32. The van der Waals surface area contributed by atoms with Crippen LogP contribution < -0.4 is 0 Å². The van der Waals surface area contributed by atoms with Crippen LogP contribution >= 0.6 is 0 Å². The summed E-state index contributed by atoms with van der Waals surface area (Å²) in [6, 6.07) is 1.92. The molecule has 0 aromatic rings. The quantitative estimate of drug-likeness (QED) is 0.647. The lowest BCUT2D eigenvalue weighted by Gasteiger charge is -2.37. The average Bonchev–Trinajstić information content (AvgIpc) is 2.40. The van der Waals surface area contributed by atoms with E-state index < -0.39 is 10.0 Å². The monoisotopic (exact) mass is 229 g/mol. The Labute approximate surface area is 90.3 Å². The van der Waals surface area contributed by atoms with Crippen LogP contribution in [0.4, 0.5) is 0 Å². The zero-order chi connectivity index (χ0) is 11.1. The molecule has 2 bridgehead atoms. The minimum absolute atomic E-state index is 0.0899. The SMILES string of the molecule is CN1CC2CCC(C1)N2S(=O)(=O)CC#N. The third-order valence-electron chi connectivity index (χ3n) is 3.17. The summed E-state index contributed by atoms with van der Waals surface area (Å²) in [6.07, 6.45) is 1.86. The van der Waals surface area contributed by atoms with Crippen molar-refractivity contribution < 1.29 is 8.42 Å². The Hall–Kier alpha value is -0.640. The smallest absolute Gasteiger partial charge is 0.228 e. The summed E-state index contributed by atoms with van der Waals surface area (Å²) < 4.78 is 25.3. The Balaban J connectivity index is 2.22. The van der Waals surface area contributed by atoms with E-state index in [0.717, 1.165) is 25.9 Å². The fraction of sp³-hybridized carbons (Fsp3) is 0.889. The van der Waals surface area contributed by atoms with E-state index in [-0.39, 0.29) is 17.8 Å². The Bertz CT molecular complexity index is 373. The molecular formula is C9H15N3O2S. The molecule has 2 atom stereocenters. The highest BCUT2D eigenvalue weighted by molar-refractivity contribution is 7.89. The third kappa shape index (κ3) is 1.87. The van der Waals surface area contributed by atoms with Crippen molar-refractivity contribution in [2.45, 2.75) is 24.9 Å². The molecule has 5 nitrogen and oxygen atoms in total. The molecule has 6 heteroatoms. The van der Waals surface area contributed by atoms with E-state index in [1.807, 2.05) is 7.05 Å². The molecule has 0 radical (unpaired) electrons. The van der Waals surface area contributed by atoms with E-state index in [4.69, 9.17) is 5.26 Å². The van der Waals surface area contributed by atoms with Gasteiger partial charge in [0.05, 0.1) is 6.07 Å². The van der Waals surface area contributed by atoms with E-state index in [1.165, 1.54) is 0 Å². The van der Waals surface area contributed by atoms with Gasteiger partial charge in [-0.15, -0.1) is 0 Å². The number of piperazine rings is 1. The molecule has 0 spiro atoms. The molecule has 2 aliphatic rings. The van der Waals surface area contributed by atoms with Crippen molar-refractivity contribution in [3.05, 3.63) is 0 Å². The second-order valence-electron chi connectivity index (χ2n) is 4.35. The van der Waals surface area contributed by atoms with Crippen molar-refractivity contribution in [3.63, 3.8) is 0 Å². The molecule has 2 fully saturated rings. The summed E-state index contributed by atoms with van der Waals surface area (Å²) >= 11 is 0. The lowest BCUT2D eigenvalue weighted by atomic mass is 10.2. The predicted molar refractivity (Wildman–Crippen MR) is 55.5 cm³/mol. The maximum absolute atomic E-state index is 11.8. The van der Waals surface area contributed by atoms with E-state index >= 15 is 0 Å². The van der Waals surface area contributed by atoms with Gasteiger partial charge in [0.2, 0.25) is 10.0 Å². The zero-order valence-electron chi connectivity index (χ0n) is 8.76. The number of fused-ring (bicyclic) bond motifs is 2. The first kappa shape index (κ1) is 10.9. The Kier molecular flexibility index (Phi) is 2.71. The number of likely N-dealkylation sites (N-methyl/N-ethyl adjacent to an activating group) is 1. The zero-order valence-corrected chi connectivity index (χ0v) is 9.57. The summed E-state index contributed by atoms with van der Waals surface area (Å²) in [6.45, 7) is 1.59. The van der Waals surface area contributed by atoms with Gasteiger partial charge in [-0.2, -0.15) is 9.57 Å². The first-order chi connectivity index (χ1) is 7.04. The van der Waals surface area contributed by atoms with E-state index in [0.29, 0.717) is 0 Å². The number of rotatable bonds is 2. The second-order valence-corrected chi connectivity index (χ2v) is 6.22. The molecule has 2 saturated heterocycles. The maximum atomic E-state index is 11.8. The second kappa shape index (κ2) is 3.74.